The maximum atomic E-state index is 13.1. The maximum Gasteiger partial charge on any atom is 0.376 e. The lowest BCUT2D eigenvalue weighted by Gasteiger charge is -2.31. The monoisotopic (exact) mass is 440 g/mol. The summed E-state index contributed by atoms with van der Waals surface area (Å²) < 4.78 is 10.7. The number of methoxy groups -OCH3 is 1. The molecule has 4 aromatic rings. The van der Waals surface area contributed by atoms with E-state index in [0.29, 0.717) is 0 Å². The average Bonchev–Trinajstić information content (AvgIpc) is 3.46. The molecule has 2 heterocycles. The molecule has 33 heavy (non-hydrogen) atoms. The lowest BCUT2D eigenvalue weighted by Crippen LogP contribution is -2.39. The Morgan fingerprint density at radius 3 is 2.42 bits per heavy atom. The minimum atomic E-state index is -0.475. The van der Waals surface area contributed by atoms with Crippen LogP contribution in [-0.2, 0) is 9.53 Å². The van der Waals surface area contributed by atoms with Crippen molar-refractivity contribution in [2.45, 2.75) is 13.1 Å². The summed E-state index contributed by atoms with van der Waals surface area (Å²) in [6, 6.07) is 25.5. The van der Waals surface area contributed by atoms with Crippen LogP contribution in [0.1, 0.15) is 18.7 Å². The number of aromatic amines is 1. The molecule has 0 aliphatic carbocycles. The van der Waals surface area contributed by atoms with Crippen LogP contribution in [-0.4, -0.2) is 30.5 Å². The molecule has 7 heteroatoms. The molecule has 0 radical (unpaired) electrons. The number of carbonyl (C=O) groups is 1. The molecular weight excluding hydrogens is 416 g/mol. The first-order valence-corrected chi connectivity index (χ1v) is 10.8. The summed E-state index contributed by atoms with van der Waals surface area (Å²) >= 11 is 0. The molecule has 0 saturated heterocycles. The maximum absolute atomic E-state index is 13.1. The molecule has 0 unspecified atom stereocenters. The predicted molar refractivity (Wildman–Crippen MR) is 130 cm³/mol. The van der Waals surface area contributed by atoms with Crippen LogP contribution in [0.25, 0.3) is 10.9 Å². The first-order chi connectivity index (χ1) is 16.2. The molecule has 1 aliphatic rings. The SMILES string of the molecule is CCOC(=O)C1=NN(c2ccccc2)[C@H](c2c[nH]c3ccccc23)N1c1ccc(OC)cc1. The zero-order chi connectivity index (χ0) is 22.8. The summed E-state index contributed by atoms with van der Waals surface area (Å²) in [6.45, 7) is 2.05. The molecule has 1 atom stereocenters. The van der Waals surface area contributed by atoms with Crippen molar-refractivity contribution in [1.82, 2.24) is 4.98 Å². The van der Waals surface area contributed by atoms with Crippen LogP contribution in [0, 0.1) is 0 Å². The van der Waals surface area contributed by atoms with Gasteiger partial charge in [-0.05, 0) is 49.4 Å². The van der Waals surface area contributed by atoms with Gasteiger partial charge in [-0.1, -0.05) is 36.4 Å². The van der Waals surface area contributed by atoms with Gasteiger partial charge in [0.25, 0.3) is 0 Å². The zero-order valence-corrected chi connectivity index (χ0v) is 18.4. The number of hydrogen-bond donors (Lipinski definition) is 1. The number of rotatable bonds is 6. The van der Waals surface area contributed by atoms with E-state index in [0.717, 1.165) is 33.6 Å². The van der Waals surface area contributed by atoms with Gasteiger partial charge in [-0.25, -0.2) is 9.80 Å². The molecule has 7 nitrogen and oxygen atoms in total. The molecule has 0 fully saturated rings. The van der Waals surface area contributed by atoms with Gasteiger partial charge >= 0.3 is 5.97 Å². The first-order valence-electron chi connectivity index (χ1n) is 10.8. The summed E-state index contributed by atoms with van der Waals surface area (Å²) in [4.78, 5) is 18.3. The van der Waals surface area contributed by atoms with Gasteiger partial charge in [0.05, 0.1) is 19.4 Å². The number of ether oxygens (including phenoxy) is 2. The lowest BCUT2D eigenvalue weighted by atomic mass is 10.1. The Hall–Kier alpha value is -4.26. The van der Waals surface area contributed by atoms with Crippen molar-refractivity contribution >= 4 is 34.1 Å². The summed E-state index contributed by atoms with van der Waals surface area (Å²) in [5.41, 5.74) is 3.68. The Kier molecular flexibility index (Phi) is 5.44. The van der Waals surface area contributed by atoms with Gasteiger partial charge in [0.15, 0.2) is 6.17 Å². The number of hydrazone groups is 1. The molecule has 3 aromatic carbocycles. The number of hydrogen-bond acceptors (Lipinski definition) is 6. The van der Waals surface area contributed by atoms with Crippen molar-refractivity contribution in [2.24, 2.45) is 5.10 Å². The number of esters is 1. The number of aromatic nitrogens is 1. The molecule has 5 rings (SSSR count). The minimum Gasteiger partial charge on any atom is -0.497 e. The standard InChI is InChI=1S/C26H24N4O3/c1-3-33-26(31)24-28-30(19-9-5-4-6-10-19)25(22-17-27-23-12-8-7-11-21(22)23)29(24)18-13-15-20(32-2)16-14-18/h4-17,25,27H,3H2,1-2H3/t25-/m1/s1. The van der Waals surface area contributed by atoms with Crippen LogP contribution in [0.15, 0.2) is 90.2 Å². The van der Waals surface area contributed by atoms with E-state index in [1.165, 1.54) is 0 Å². The third-order valence-corrected chi connectivity index (χ3v) is 5.64. The molecule has 0 amide bonds. The quantitative estimate of drug-likeness (QED) is 0.424. The average molecular weight is 441 g/mol. The van der Waals surface area contributed by atoms with E-state index < -0.39 is 12.1 Å². The van der Waals surface area contributed by atoms with Crippen molar-refractivity contribution in [2.75, 3.05) is 23.6 Å². The number of nitrogens with one attached hydrogen (secondary N) is 1. The fraction of sp³-hybridized carbons (Fsp3) is 0.154. The van der Waals surface area contributed by atoms with Gasteiger partial charge in [-0.2, -0.15) is 0 Å². The Labute approximate surface area is 191 Å². The van der Waals surface area contributed by atoms with Gasteiger partial charge in [-0.15, -0.1) is 5.10 Å². The van der Waals surface area contributed by atoms with E-state index in [4.69, 9.17) is 14.6 Å². The number of carbonyl (C=O) groups excluding carboxylic acids is 1. The highest BCUT2D eigenvalue weighted by Crippen LogP contribution is 2.41. The summed E-state index contributed by atoms with van der Waals surface area (Å²) in [6.07, 6.45) is 1.57. The second-order valence-corrected chi connectivity index (χ2v) is 7.56. The third kappa shape index (κ3) is 3.67. The smallest absolute Gasteiger partial charge is 0.376 e. The number of amidine groups is 1. The van der Waals surface area contributed by atoms with Crippen LogP contribution in [0.3, 0.4) is 0 Å². The number of nitrogens with zero attached hydrogens (tertiary/aromatic N) is 3. The van der Waals surface area contributed by atoms with Crippen LogP contribution < -0.4 is 14.6 Å². The van der Waals surface area contributed by atoms with E-state index >= 15 is 0 Å². The second-order valence-electron chi connectivity index (χ2n) is 7.56. The Morgan fingerprint density at radius 2 is 1.70 bits per heavy atom. The van der Waals surface area contributed by atoms with Crippen molar-refractivity contribution in [1.29, 1.82) is 0 Å². The molecule has 1 N–H and O–H groups in total. The normalized spacial score (nSPS) is 15.6. The Balaban J connectivity index is 1.71. The molecule has 0 saturated carbocycles. The number of fused-ring (bicyclic) bond motifs is 1. The van der Waals surface area contributed by atoms with Gasteiger partial charge in [0.1, 0.15) is 5.75 Å². The summed E-state index contributed by atoms with van der Waals surface area (Å²) in [5.74, 6) is 0.480. The molecular formula is C26H24N4O3. The topological polar surface area (TPSA) is 70.2 Å². The Bertz CT molecular complexity index is 1300. The number of H-pyrrole nitrogens is 1. The summed E-state index contributed by atoms with van der Waals surface area (Å²) in [5, 5.41) is 7.70. The van der Waals surface area contributed by atoms with E-state index in [-0.39, 0.29) is 12.4 Å². The number of para-hydroxylation sites is 2. The van der Waals surface area contributed by atoms with Gasteiger partial charge in [0, 0.05) is 28.4 Å². The lowest BCUT2D eigenvalue weighted by molar-refractivity contribution is -0.135. The van der Waals surface area contributed by atoms with E-state index in [1.54, 1.807) is 14.0 Å². The highest BCUT2D eigenvalue weighted by atomic mass is 16.5. The molecule has 0 spiro atoms. The predicted octanol–water partition coefficient (Wildman–Crippen LogP) is 5.08. The zero-order valence-electron chi connectivity index (χ0n) is 18.4. The second kappa shape index (κ2) is 8.70. The fourth-order valence-electron chi connectivity index (χ4n) is 4.13. The van der Waals surface area contributed by atoms with Crippen LogP contribution in [0.4, 0.5) is 11.4 Å². The largest absolute Gasteiger partial charge is 0.497 e. The molecule has 1 aliphatic heterocycles. The van der Waals surface area contributed by atoms with Crippen molar-refractivity contribution in [3.05, 3.63) is 90.6 Å². The van der Waals surface area contributed by atoms with E-state index in [9.17, 15) is 4.79 Å². The summed E-state index contributed by atoms with van der Waals surface area (Å²) in [7, 11) is 1.63. The number of anilines is 2. The van der Waals surface area contributed by atoms with Crippen LogP contribution >= 0.6 is 0 Å². The highest BCUT2D eigenvalue weighted by Gasteiger charge is 2.42. The fourth-order valence-corrected chi connectivity index (χ4v) is 4.13. The van der Waals surface area contributed by atoms with Crippen molar-refractivity contribution in [3.8, 4) is 5.75 Å². The van der Waals surface area contributed by atoms with Gasteiger partial charge in [0.2, 0.25) is 5.84 Å². The minimum absolute atomic E-state index is 0.223. The molecule has 1 aromatic heterocycles. The van der Waals surface area contributed by atoms with Crippen molar-refractivity contribution in [3.63, 3.8) is 0 Å². The van der Waals surface area contributed by atoms with Crippen molar-refractivity contribution < 1.29 is 14.3 Å². The molecule has 0 bridgehead atoms. The number of benzene rings is 3. The first kappa shape index (κ1) is 20.6. The highest BCUT2D eigenvalue weighted by molar-refractivity contribution is 6.42. The van der Waals surface area contributed by atoms with E-state index in [1.807, 2.05) is 88.9 Å². The van der Waals surface area contributed by atoms with Crippen LogP contribution in [0.2, 0.25) is 0 Å². The third-order valence-electron chi connectivity index (χ3n) is 5.64. The molecule has 166 valence electrons. The Morgan fingerprint density at radius 1 is 0.970 bits per heavy atom. The van der Waals surface area contributed by atoms with Gasteiger partial charge in [-0.3, -0.25) is 4.90 Å². The van der Waals surface area contributed by atoms with E-state index in [2.05, 4.69) is 11.1 Å². The van der Waals surface area contributed by atoms with Gasteiger partial charge < -0.3 is 14.5 Å². The van der Waals surface area contributed by atoms with Crippen LogP contribution in [0.5, 0.6) is 5.75 Å².